The summed E-state index contributed by atoms with van der Waals surface area (Å²) in [7, 11) is 1.64. The lowest BCUT2D eigenvalue weighted by Crippen LogP contribution is -2.47. The maximum atomic E-state index is 13.3. The number of hydrogen-bond donors (Lipinski definition) is 1. The summed E-state index contributed by atoms with van der Waals surface area (Å²) in [4.78, 5) is 43.5. The van der Waals surface area contributed by atoms with Gasteiger partial charge in [-0.15, -0.1) is 0 Å². The van der Waals surface area contributed by atoms with E-state index in [1.165, 1.54) is 4.90 Å². The Bertz CT molecular complexity index is 878. The Morgan fingerprint density at radius 1 is 1.21 bits per heavy atom. The predicted molar refractivity (Wildman–Crippen MR) is 105 cm³/mol. The maximum absolute atomic E-state index is 13.3. The lowest BCUT2D eigenvalue weighted by Gasteiger charge is -2.31. The number of halogens is 1. The molecule has 0 spiro atoms. The molecule has 4 amide bonds. The Kier molecular flexibility index (Phi) is 4.79. The summed E-state index contributed by atoms with van der Waals surface area (Å²) in [6.07, 6.45) is 1.99. The highest BCUT2D eigenvalue weighted by Crippen LogP contribution is 2.38. The predicted octanol–water partition coefficient (Wildman–Crippen LogP) is 2.14. The molecule has 0 saturated carbocycles. The van der Waals surface area contributed by atoms with Gasteiger partial charge in [-0.2, -0.15) is 0 Å². The molecule has 2 unspecified atom stereocenters. The highest BCUT2D eigenvalue weighted by Gasteiger charge is 2.46. The molecular weight excluding hydrogens is 380 g/mol. The average Bonchev–Trinajstić information content (AvgIpc) is 3.33. The quantitative estimate of drug-likeness (QED) is 0.841. The minimum absolute atomic E-state index is 0.0399. The fourth-order valence-electron chi connectivity index (χ4n) is 4.18. The lowest BCUT2D eigenvalue weighted by molar-refractivity contribution is -0.141. The molecule has 8 heteroatoms. The number of nitrogens with zero attached hydrogens (tertiary/aromatic N) is 3. The average molecular weight is 403 g/mol. The largest absolute Gasteiger partial charge is 0.341 e. The topological polar surface area (TPSA) is 73.0 Å². The van der Waals surface area contributed by atoms with Crippen molar-refractivity contribution in [2.45, 2.75) is 31.8 Å². The number of nitrogens with one attached hydrogen (secondary N) is 1. The fraction of sp³-hybridized carbons (Fsp3) is 0.450. The number of likely N-dealkylation sites (N-methyl/N-ethyl adjacent to an activating group) is 1. The van der Waals surface area contributed by atoms with E-state index in [-0.39, 0.29) is 24.4 Å². The molecule has 7 nitrogen and oxygen atoms in total. The fourth-order valence-corrected chi connectivity index (χ4v) is 4.42. The molecule has 1 saturated heterocycles. The van der Waals surface area contributed by atoms with Crippen LogP contribution < -0.4 is 5.32 Å². The standard InChI is InChI=1S/C20H23ClN4O3/c1-12(18(26)24-9-5-6-10-24)25-11-15-16(19(25)27)17(22-20(28)23(15)2)13-7-3-4-8-14(13)21/h3-4,7-8,12,17H,5-6,9-11H2,1-2H3,(H,22,28). The van der Waals surface area contributed by atoms with E-state index in [0.717, 1.165) is 25.9 Å². The number of benzene rings is 1. The van der Waals surface area contributed by atoms with E-state index in [0.29, 0.717) is 21.9 Å². The van der Waals surface area contributed by atoms with Crippen LogP contribution in [0.25, 0.3) is 0 Å². The van der Waals surface area contributed by atoms with Crippen LogP contribution in [0.15, 0.2) is 35.5 Å². The van der Waals surface area contributed by atoms with Gasteiger partial charge in [0.05, 0.1) is 23.9 Å². The summed E-state index contributed by atoms with van der Waals surface area (Å²) in [6.45, 7) is 3.47. The molecule has 28 heavy (non-hydrogen) atoms. The minimum atomic E-state index is -0.626. The number of likely N-dealkylation sites (tertiary alicyclic amines) is 1. The van der Waals surface area contributed by atoms with Crippen molar-refractivity contribution < 1.29 is 14.4 Å². The normalized spacial score (nSPS) is 23.2. The van der Waals surface area contributed by atoms with Crippen LogP contribution >= 0.6 is 11.6 Å². The number of carbonyl (C=O) groups excluding carboxylic acids is 3. The van der Waals surface area contributed by atoms with Crippen LogP contribution in [0.5, 0.6) is 0 Å². The van der Waals surface area contributed by atoms with Gasteiger partial charge < -0.3 is 15.1 Å². The molecular formula is C20H23ClN4O3. The SMILES string of the molecule is CC(C(=O)N1CCCC1)N1CC2=C(C1=O)C(c1ccccc1Cl)NC(=O)N2C. The third kappa shape index (κ3) is 2.94. The Morgan fingerprint density at radius 2 is 1.89 bits per heavy atom. The van der Waals surface area contributed by atoms with Gasteiger partial charge in [0, 0.05) is 25.2 Å². The van der Waals surface area contributed by atoms with Gasteiger partial charge >= 0.3 is 6.03 Å². The van der Waals surface area contributed by atoms with Crippen molar-refractivity contribution in [1.29, 1.82) is 0 Å². The first-order chi connectivity index (χ1) is 13.4. The van der Waals surface area contributed by atoms with E-state index in [1.54, 1.807) is 37.1 Å². The third-order valence-corrected chi connectivity index (χ3v) is 6.19. The van der Waals surface area contributed by atoms with Gasteiger partial charge in [0.25, 0.3) is 5.91 Å². The Morgan fingerprint density at radius 3 is 2.57 bits per heavy atom. The van der Waals surface area contributed by atoms with Crippen LogP contribution in [-0.4, -0.2) is 65.3 Å². The summed E-state index contributed by atoms with van der Waals surface area (Å²) >= 11 is 6.34. The molecule has 2 atom stereocenters. The van der Waals surface area contributed by atoms with E-state index in [4.69, 9.17) is 11.6 Å². The van der Waals surface area contributed by atoms with E-state index in [2.05, 4.69) is 5.32 Å². The number of rotatable bonds is 3. The van der Waals surface area contributed by atoms with E-state index >= 15 is 0 Å². The second kappa shape index (κ2) is 7.13. The number of amides is 4. The Labute approximate surface area is 168 Å². The molecule has 0 radical (unpaired) electrons. The zero-order chi connectivity index (χ0) is 20.0. The molecule has 0 aromatic heterocycles. The van der Waals surface area contributed by atoms with E-state index in [9.17, 15) is 14.4 Å². The summed E-state index contributed by atoms with van der Waals surface area (Å²) < 4.78 is 0. The van der Waals surface area contributed by atoms with Crippen molar-refractivity contribution in [2.75, 3.05) is 26.7 Å². The van der Waals surface area contributed by atoms with E-state index in [1.807, 2.05) is 11.0 Å². The van der Waals surface area contributed by atoms with Crippen LogP contribution in [-0.2, 0) is 9.59 Å². The van der Waals surface area contributed by atoms with Crippen LogP contribution in [0.4, 0.5) is 4.79 Å². The first-order valence-corrected chi connectivity index (χ1v) is 9.89. The van der Waals surface area contributed by atoms with Gasteiger partial charge in [0.1, 0.15) is 6.04 Å². The maximum Gasteiger partial charge on any atom is 0.322 e. The monoisotopic (exact) mass is 402 g/mol. The first-order valence-electron chi connectivity index (χ1n) is 9.51. The van der Waals surface area contributed by atoms with Gasteiger partial charge in [0.2, 0.25) is 5.91 Å². The third-order valence-electron chi connectivity index (χ3n) is 5.85. The molecule has 1 aromatic rings. The second-order valence-electron chi connectivity index (χ2n) is 7.46. The zero-order valence-electron chi connectivity index (χ0n) is 15.9. The van der Waals surface area contributed by atoms with Crippen molar-refractivity contribution in [3.8, 4) is 0 Å². The van der Waals surface area contributed by atoms with Gasteiger partial charge in [-0.1, -0.05) is 29.8 Å². The molecule has 0 aliphatic carbocycles. The van der Waals surface area contributed by atoms with Gasteiger partial charge in [-0.05, 0) is 31.4 Å². The summed E-state index contributed by atoms with van der Waals surface area (Å²) in [5.74, 6) is -0.270. The van der Waals surface area contributed by atoms with Crippen molar-refractivity contribution >= 4 is 29.4 Å². The van der Waals surface area contributed by atoms with Crippen molar-refractivity contribution in [3.05, 3.63) is 46.1 Å². The Hall–Kier alpha value is -2.54. The van der Waals surface area contributed by atoms with Crippen LogP contribution in [0, 0.1) is 0 Å². The summed E-state index contributed by atoms with van der Waals surface area (Å²) in [5.41, 5.74) is 1.78. The molecule has 1 aromatic carbocycles. The molecule has 0 bridgehead atoms. The molecule has 1 fully saturated rings. The number of carbonyl (C=O) groups is 3. The molecule has 3 aliphatic rings. The minimum Gasteiger partial charge on any atom is -0.341 e. The van der Waals surface area contributed by atoms with Crippen LogP contribution in [0.2, 0.25) is 5.02 Å². The van der Waals surface area contributed by atoms with Crippen molar-refractivity contribution in [2.24, 2.45) is 0 Å². The molecule has 3 aliphatic heterocycles. The van der Waals surface area contributed by atoms with Gasteiger partial charge in [0.15, 0.2) is 0 Å². The number of urea groups is 1. The highest BCUT2D eigenvalue weighted by atomic mass is 35.5. The first kappa shape index (κ1) is 18.8. The highest BCUT2D eigenvalue weighted by molar-refractivity contribution is 6.31. The van der Waals surface area contributed by atoms with Crippen LogP contribution in [0.3, 0.4) is 0 Å². The summed E-state index contributed by atoms with van der Waals surface area (Å²) in [5, 5.41) is 3.35. The van der Waals surface area contributed by atoms with Gasteiger partial charge in [-0.3, -0.25) is 14.5 Å². The smallest absolute Gasteiger partial charge is 0.322 e. The van der Waals surface area contributed by atoms with E-state index < -0.39 is 12.1 Å². The molecule has 148 valence electrons. The lowest BCUT2D eigenvalue weighted by atomic mass is 9.95. The number of hydrogen-bond acceptors (Lipinski definition) is 3. The van der Waals surface area contributed by atoms with Crippen molar-refractivity contribution in [1.82, 2.24) is 20.0 Å². The van der Waals surface area contributed by atoms with Crippen LogP contribution in [0.1, 0.15) is 31.4 Å². The Balaban J connectivity index is 1.66. The molecule has 3 heterocycles. The van der Waals surface area contributed by atoms with Crippen molar-refractivity contribution in [3.63, 3.8) is 0 Å². The van der Waals surface area contributed by atoms with Gasteiger partial charge in [-0.25, -0.2) is 4.79 Å². The molecule has 1 N–H and O–H groups in total. The second-order valence-corrected chi connectivity index (χ2v) is 7.87. The summed E-state index contributed by atoms with van der Waals surface area (Å²) in [6, 6.07) is 5.67. The zero-order valence-corrected chi connectivity index (χ0v) is 16.7. The molecule has 4 rings (SSSR count).